The van der Waals surface area contributed by atoms with Crippen LogP contribution in [0.2, 0.25) is 0 Å². The molecule has 6 fully saturated rings. The molecule has 14 atom stereocenters. The molecule has 10 unspecified atom stereocenters. The number of esters is 2. The van der Waals surface area contributed by atoms with Crippen molar-refractivity contribution in [2.75, 3.05) is 13.2 Å². The molecule has 6 aliphatic carbocycles. The summed E-state index contributed by atoms with van der Waals surface area (Å²) in [5, 5.41) is 21.7. The molecule has 6 rings (SSSR count). The highest BCUT2D eigenvalue weighted by Crippen LogP contribution is 2.66. The maximum absolute atomic E-state index is 13.2. The van der Waals surface area contributed by atoms with Gasteiger partial charge in [0.15, 0.2) is 12.2 Å². The quantitative estimate of drug-likeness (QED) is 0.233. The van der Waals surface area contributed by atoms with Crippen molar-refractivity contribution in [2.45, 2.75) is 170 Å². The smallest absolute Gasteiger partial charge is 0.338 e. The summed E-state index contributed by atoms with van der Waals surface area (Å²) in [6.07, 6.45) is 15.6. The van der Waals surface area contributed by atoms with E-state index < -0.39 is 24.1 Å². The van der Waals surface area contributed by atoms with Crippen LogP contribution in [-0.4, -0.2) is 47.6 Å². The molecule has 0 bridgehead atoms. The number of carbonyl (C=O) groups is 2. The first-order chi connectivity index (χ1) is 23.5. The zero-order valence-corrected chi connectivity index (χ0v) is 33.2. The normalized spacial score (nSPS) is 45.8. The van der Waals surface area contributed by atoms with Crippen molar-refractivity contribution in [2.24, 2.45) is 80.8 Å². The van der Waals surface area contributed by atoms with E-state index in [-0.39, 0.29) is 34.9 Å². The van der Waals surface area contributed by atoms with Gasteiger partial charge in [0.2, 0.25) is 0 Å². The third-order valence-electron chi connectivity index (χ3n) is 17.3. The number of fused-ring (bicyclic) bond motifs is 6. The maximum Gasteiger partial charge on any atom is 0.338 e. The van der Waals surface area contributed by atoms with Gasteiger partial charge >= 0.3 is 11.9 Å². The van der Waals surface area contributed by atoms with E-state index in [4.69, 9.17) is 9.47 Å². The Hall–Kier alpha value is -1.14. The molecule has 0 aliphatic heterocycles. The van der Waals surface area contributed by atoms with E-state index in [1.54, 1.807) is 0 Å². The zero-order chi connectivity index (χ0) is 36.2. The van der Waals surface area contributed by atoms with E-state index in [0.717, 1.165) is 85.9 Å². The maximum atomic E-state index is 13.2. The minimum Gasteiger partial charge on any atom is -0.463 e. The van der Waals surface area contributed by atoms with Crippen LogP contribution in [0, 0.1) is 80.8 Å². The predicted octanol–water partition coefficient (Wildman–Crippen LogP) is 9.38. The number of hydrogen-bond acceptors (Lipinski definition) is 6. The van der Waals surface area contributed by atoms with Gasteiger partial charge in [-0.2, -0.15) is 0 Å². The predicted molar refractivity (Wildman–Crippen MR) is 198 cm³/mol. The second-order valence-corrected chi connectivity index (χ2v) is 20.8. The fraction of sp³-hybridized carbons (Fsp3) is 0.955. The van der Waals surface area contributed by atoms with Crippen molar-refractivity contribution in [1.82, 2.24) is 0 Å². The molecule has 0 aromatic carbocycles. The van der Waals surface area contributed by atoms with Crippen molar-refractivity contribution >= 4 is 11.9 Å². The van der Waals surface area contributed by atoms with Crippen LogP contribution in [0.15, 0.2) is 0 Å². The van der Waals surface area contributed by atoms with Crippen LogP contribution in [0.25, 0.3) is 0 Å². The van der Waals surface area contributed by atoms with Gasteiger partial charge in [0.05, 0.1) is 13.2 Å². The van der Waals surface area contributed by atoms with Crippen LogP contribution in [0.1, 0.15) is 158 Å². The van der Waals surface area contributed by atoms with Crippen molar-refractivity contribution in [3.63, 3.8) is 0 Å². The lowest BCUT2D eigenvalue weighted by atomic mass is 9.44. The SMILES string of the molecule is CC(C)C1CCC2C(CCC3C(C)(COC(=O)[C@H](O)[C@@H](O)C(=O)OC[C@@]4(C)CCC[C@@]5(C)C6CCC(C(C)C)CC6CCC45)CCCC23C)C1. The Morgan fingerprint density at radius 3 is 1.32 bits per heavy atom. The molecule has 2 N–H and O–H groups in total. The molecule has 0 amide bonds. The first kappa shape index (κ1) is 38.6. The first-order valence-corrected chi connectivity index (χ1v) is 21.2. The highest BCUT2D eigenvalue weighted by molar-refractivity contribution is 5.85. The van der Waals surface area contributed by atoms with Crippen LogP contribution in [0.4, 0.5) is 0 Å². The van der Waals surface area contributed by atoms with Crippen LogP contribution in [0.5, 0.6) is 0 Å². The molecule has 6 saturated carbocycles. The Morgan fingerprint density at radius 2 is 0.960 bits per heavy atom. The lowest BCUT2D eigenvalue weighted by Gasteiger charge is -2.61. The van der Waals surface area contributed by atoms with Crippen molar-refractivity contribution in [3.8, 4) is 0 Å². The molecule has 0 spiro atoms. The summed E-state index contributed by atoms with van der Waals surface area (Å²) < 4.78 is 11.6. The van der Waals surface area contributed by atoms with Crippen LogP contribution in [0.3, 0.4) is 0 Å². The molecular formula is C44H74O6. The highest BCUT2D eigenvalue weighted by atomic mass is 16.6. The summed E-state index contributed by atoms with van der Waals surface area (Å²) in [7, 11) is 0. The van der Waals surface area contributed by atoms with Crippen molar-refractivity contribution in [3.05, 3.63) is 0 Å². The second-order valence-electron chi connectivity index (χ2n) is 20.8. The number of aliphatic hydroxyl groups excluding tert-OH is 2. The minimum atomic E-state index is -1.95. The molecule has 286 valence electrons. The topological polar surface area (TPSA) is 93.1 Å². The van der Waals surface area contributed by atoms with E-state index in [2.05, 4.69) is 55.4 Å². The number of hydrogen-bond donors (Lipinski definition) is 2. The van der Waals surface area contributed by atoms with Gasteiger partial charge in [-0.25, -0.2) is 9.59 Å². The average molecular weight is 699 g/mol. The Morgan fingerprint density at radius 1 is 0.580 bits per heavy atom. The van der Waals surface area contributed by atoms with E-state index in [9.17, 15) is 19.8 Å². The summed E-state index contributed by atoms with van der Waals surface area (Å²) in [4.78, 5) is 26.4. The second kappa shape index (κ2) is 14.6. The fourth-order valence-electron chi connectivity index (χ4n) is 14.5. The van der Waals surface area contributed by atoms with Gasteiger partial charge in [-0.05, 0) is 160 Å². The number of rotatable bonds is 9. The number of ether oxygens (including phenoxy) is 2. The third kappa shape index (κ3) is 6.98. The van der Waals surface area contributed by atoms with Gasteiger partial charge in [0.25, 0.3) is 0 Å². The van der Waals surface area contributed by atoms with E-state index in [0.29, 0.717) is 11.8 Å². The monoisotopic (exact) mass is 699 g/mol. The van der Waals surface area contributed by atoms with Crippen molar-refractivity contribution < 1.29 is 29.3 Å². The number of carbonyl (C=O) groups excluding carboxylic acids is 2. The lowest BCUT2D eigenvalue weighted by Crippen LogP contribution is -2.55. The zero-order valence-electron chi connectivity index (χ0n) is 33.2. The summed E-state index contributed by atoms with van der Waals surface area (Å²) in [6.45, 7) is 19.5. The summed E-state index contributed by atoms with van der Waals surface area (Å²) in [5.74, 6) is 5.33. The summed E-state index contributed by atoms with van der Waals surface area (Å²) >= 11 is 0. The van der Waals surface area contributed by atoms with Gasteiger partial charge in [0, 0.05) is 10.8 Å². The summed E-state index contributed by atoms with van der Waals surface area (Å²) in [5.41, 5.74) is 0.125. The van der Waals surface area contributed by atoms with Crippen LogP contribution in [-0.2, 0) is 19.1 Å². The molecule has 0 aromatic rings. The van der Waals surface area contributed by atoms with Gasteiger partial charge in [-0.1, -0.05) is 68.2 Å². The minimum absolute atomic E-state index is 0.178. The number of aliphatic hydroxyl groups is 2. The van der Waals surface area contributed by atoms with Gasteiger partial charge in [-0.3, -0.25) is 0 Å². The lowest BCUT2D eigenvalue weighted by molar-refractivity contribution is -0.186. The Balaban J connectivity index is 1.02. The van der Waals surface area contributed by atoms with Crippen molar-refractivity contribution in [1.29, 1.82) is 0 Å². The standard InChI is InChI=1S/C44H74O6/c1-27(2)29-11-15-33-31(23-29)13-17-35-41(5,19-9-21-43(33,35)7)25-49-39(47)37(45)38(46)40(48)50-26-42(6)20-10-22-44(8)34-16-12-30(28(3)4)24-32(34)14-18-36(42)44/h27-38,45-46H,9-26H2,1-8H3/t29?,30?,31?,32?,33?,34?,35?,36?,37-,38-,41-,42?,43+,44?/m1/s1. The molecule has 0 radical (unpaired) electrons. The molecule has 6 nitrogen and oxygen atoms in total. The van der Waals surface area contributed by atoms with Crippen LogP contribution >= 0.6 is 0 Å². The van der Waals surface area contributed by atoms with E-state index >= 15 is 0 Å². The largest absolute Gasteiger partial charge is 0.463 e. The Bertz CT molecular complexity index is 1120. The average Bonchev–Trinajstić information content (AvgIpc) is 3.08. The molecule has 6 heteroatoms. The highest BCUT2D eigenvalue weighted by Gasteiger charge is 2.59. The molecule has 6 aliphatic rings. The fourth-order valence-corrected chi connectivity index (χ4v) is 14.5. The van der Waals surface area contributed by atoms with Gasteiger partial charge in [0.1, 0.15) is 0 Å². The Labute approximate surface area is 305 Å². The summed E-state index contributed by atoms with van der Waals surface area (Å²) in [6, 6.07) is 0. The van der Waals surface area contributed by atoms with E-state index in [1.165, 1.54) is 64.2 Å². The molecular weight excluding hydrogens is 624 g/mol. The molecule has 0 aromatic heterocycles. The van der Waals surface area contributed by atoms with Gasteiger partial charge in [-0.15, -0.1) is 0 Å². The van der Waals surface area contributed by atoms with E-state index in [1.807, 2.05) is 0 Å². The molecule has 50 heavy (non-hydrogen) atoms. The van der Waals surface area contributed by atoms with Gasteiger partial charge < -0.3 is 19.7 Å². The molecule has 0 saturated heterocycles. The Kier molecular flexibility index (Phi) is 11.3. The first-order valence-electron chi connectivity index (χ1n) is 21.2. The third-order valence-corrected chi connectivity index (χ3v) is 17.3. The van der Waals surface area contributed by atoms with Crippen LogP contribution < -0.4 is 0 Å². The molecule has 0 heterocycles.